The molecule has 2 N–H and O–H groups in total. The van der Waals surface area contributed by atoms with Crippen molar-refractivity contribution in [2.75, 3.05) is 5.75 Å². The fraction of sp³-hybridized carbons (Fsp3) is 0.700. The highest BCUT2D eigenvalue weighted by Gasteiger charge is 2.36. The molecule has 0 unspecified atom stereocenters. The van der Waals surface area contributed by atoms with Gasteiger partial charge in [0.25, 0.3) is 0 Å². The number of thiazole rings is 1. The average Bonchev–Trinajstić information content (AvgIpc) is 2.60. The van der Waals surface area contributed by atoms with Crippen LogP contribution in [0.3, 0.4) is 0 Å². The quantitative estimate of drug-likeness (QED) is 0.899. The first-order chi connectivity index (χ1) is 7.84. The predicted octanol–water partition coefficient (Wildman–Crippen LogP) is 3.51. The standard InChI is InChI=1S/C10H15F3N2S2/c1-6(2)4-16-5-8-15-9(10(11,12)13)7(3-14)17-8/h6H,3-5,14H2,1-2H3. The van der Waals surface area contributed by atoms with E-state index in [2.05, 4.69) is 18.8 Å². The van der Waals surface area contributed by atoms with E-state index in [1.165, 1.54) is 0 Å². The van der Waals surface area contributed by atoms with Gasteiger partial charge < -0.3 is 5.73 Å². The van der Waals surface area contributed by atoms with Crippen LogP contribution in [0.1, 0.15) is 29.4 Å². The molecule has 0 saturated heterocycles. The lowest BCUT2D eigenvalue weighted by Crippen LogP contribution is -2.10. The minimum absolute atomic E-state index is 0.110. The summed E-state index contributed by atoms with van der Waals surface area (Å²) in [7, 11) is 0. The van der Waals surface area contributed by atoms with Crippen LogP contribution < -0.4 is 5.73 Å². The van der Waals surface area contributed by atoms with Crippen molar-refractivity contribution in [2.45, 2.75) is 32.3 Å². The van der Waals surface area contributed by atoms with Crippen molar-refractivity contribution >= 4 is 23.1 Å². The summed E-state index contributed by atoms with van der Waals surface area (Å²) < 4.78 is 37.7. The van der Waals surface area contributed by atoms with E-state index in [9.17, 15) is 13.2 Å². The molecule has 0 radical (unpaired) electrons. The molecule has 0 aromatic carbocycles. The minimum Gasteiger partial charge on any atom is -0.326 e. The fourth-order valence-corrected chi connectivity index (χ4v) is 3.28. The number of aromatic nitrogens is 1. The second-order valence-corrected chi connectivity index (χ2v) is 6.19. The van der Waals surface area contributed by atoms with Gasteiger partial charge in [0.2, 0.25) is 0 Å². The normalized spacial score (nSPS) is 12.4. The van der Waals surface area contributed by atoms with E-state index in [4.69, 9.17) is 5.73 Å². The number of nitrogens with zero attached hydrogens (tertiary/aromatic N) is 1. The third-order valence-corrected chi connectivity index (χ3v) is 4.51. The van der Waals surface area contributed by atoms with Gasteiger partial charge in [-0.1, -0.05) is 13.8 Å². The van der Waals surface area contributed by atoms with Gasteiger partial charge in [0.1, 0.15) is 5.01 Å². The van der Waals surface area contributed by atoms with Crippen molar-refractivity contribution in [3.63, 3.8) is 0 Å². The van der Waals surface area contributed by atoms with E-state index >= 15 is 0 Å². The molecule has 0 fully saturated rings. The predicted molar refractivity (Wildman–Crippen MR) is 66.0 cm³/mol. The van der Waals surface area contributed by atoms with Crippen LogP contribution in [0.15, 0.2) is 0 Å². The molecule has 1 heterocycles. The summed E-state index contributed by atoms with van der Waals surface area (Å²) in [6, 6.07) is 0. The van der Waals surface area contributed by atoms with Crippen LogP contribution in [0.5, 0.6) is 0 Å². The number of hydrogen-bond donors (Lipinski definition) is 1. The van der Waals surface area contributed by atoms with E-state index < -0.39 is 11.9 Å². The Morgan fingerprint density at radius 1 is 1.41 bits per heavy atom. The summed E-state index contributed by atoms with van der Waals surface area (Å²) in [6.07, 6.45) is -4.40. The van der Waals surface area contributed by atoms with Gasteiger partial charge in [0, 0.05) is 12.3 Å². The molecule has 0 amide bonds. The van der Waals surface area contributed by atoms with E-state index in [0.717, 1.165) is 17.1 Å². The second kappa shape index (κ2) is 6.06. The average molecular weight is 284 g/mol. The topological polar surface area (TPSA) is 38.9 Å². The van der Waals surface area contributed by atoms with E-state index in [-0.39, 0.29) is 11.4 Å². The summed E-state index contributed by atoms with van der Waals surface area (Å²) >= 11 is 2.66. The molecule has 98 valence electrons. The highest BCUT2D eigenvalue weighted by molar-refractivity contribution is 7.98. The zero-order valence-electron chi connectivity index (χ0n) is 9.67. The highest BCUT2D eigenvalue weighted by Crippen LogP contribution is 2.35. The molecule has 2 nitrogen and oxygen atoms in total. The maximum atomic E-state index is 12.6. The lowest BCUT2D eigenvalue weighted by molar-refractivity contribution is -0.141. The molecule has 1 rings (SSSR count). The zero-order chi connectivity index (χ0) is 13.1. The Kier molecular flexibility index (Phi) is 5.27. The third-order valence-electron chi connectivity index (χ3n) is 1.87. The minimum atomic E-state index is -4.40. The molecule has 17 heavy (non-hydrogen) atoms. The first kappa shape index (κ1) is 14.8. The fourth-order valence-electron chi connectivity index (χ4n) is 1.20. The van der Waals surface area contributed by atoms with Gasteiger partial charge in [-0.3, -0.25) is 0 Å². The molecule has 0 aliphatic heterocycles. The molecule has 0 spiro atoms. The van der Waals surface area contributed by atoms with Crippen LogP contribution >= 0.6 is 23.1 Å². The van der Waals surface area contributed by atoms with Gasteiger partial charge in [-0.2, -0.15) is 24.9 Å². The Bertz CT molecular complexity index is 361. The maximum Gasteiger partial charge on any atom is 0.434 e. The van der Waals surface area contributed by atoms with Gasteiger partial charge in [-0.25, -0.2) is 4.98 Å². The molecule has 7 heteroatoms. The summed E-state index contributed by atoms with van der Waals surface area (Å²) in [6.45, 7) is 4.03. The Labute approximate surface area is 107 Å². The first-order valence-electron chi connectivity index (χ1n) is 5.18. The number of alkyl halides is 3. The van der Waals surface area contributed by atoms with Crippen molar-refractivity contribution in [3.8, 4) is 0 Å². The van der Waals surface area contributed by atoms with Gasteiger partial charge in [-0.05, 0) is 11.7 Å². The Morgan fingerprint density at radius 3 is 2.47 bits per heavy atom. The first-order valence-corrected chi connectivity index (χ1v) is 7.15. The van der Waals surface area contributed by atoms with E-state index in [1.807, 2.05) is 0 Å². The Hall–Kier alpha value is -0.270. The molecular formula is C10H15F3N2S2. The number of nitrogens with two attached hydrogens (primary N) is 1. The zero-order valence-corrected chi connectivity index (χ0v) is 11.3. The van der Waals surface area contributed by atoms with Crippen molar-refractivity contribution in [3.05, 3.63) is 15.6 Å². The van der Waals surface area contributed by atoms with Crippen molar-refractivity contribution in [2.24, 2.45) is 11.7 Å². The molecule has 0 bridgehead atoms. The van der Waals surface area contributed by atoms with Gasteiger partial charge in [0.05, 0.1) is 4.88 Å². The van der Waals surface area contributed by atoms with Crippen LogP contribution in [-0.2, 0) is 18.5 Å². The second-order valence-electron chi connectivity index (χ2n) is 3.99. The molecule has 0 aliphatic carbocycles. The highest BCUT2D eigenvalue weighted by atomic mass is 32.2. The number of halogens is 3. The lowest BCUT2D eigenvalue weighted by Gasteiger charge is -2.03. The van der Waals surface area contributed by atoms with Crippen LogP contribution in [0.4, 0.5) is 13.2 Å². The molecular weight excluding hydrogens is 269 g/mol. The monoisotopic (exact) mass is 284 g/mol. The van der Waals surface area contributed by atoms with Gasteiger partial charge >= 0.3 is 6.18 Å². The number of thioether (sulfide) groups is 1. The summed E-state index contributed by atoms with van der Waals surface area (Å²) in [5.74, 6) is 1.96. The SMILES string of the molecule is CC(C)CSCc1nc(C(F)(F)F)c(CN)s1. The molecule has 0 atom stereocenters. The van der Waals surface area contributed by atoms with Crippen molar-refractivity contribution in [1.29, 1.82) is 0 Å². The van der Waals surface area contributed by atoms with Crippen LogP contribution in [-0.4, -0.2) is 10.7 Å². The van der Waals surface area contributed by atoms with Crippen molar-refractivity contribution in [1.82, 2.24) is 4.98 Å². The maximum absolute atomic E-state index is 12.6. The summed E-state index contributed by atoms with van der Waals surface area (Å²) in [4.78, 5) is 3.76. The largest absolute Gasteiger partial charge is 0.434 e. The van der Waals surface area contributed by atoms with E-state index in [1.54, 1.807) is 11.8 Å². The summed E-state index contributed by atoms with van der Waals surface area (Å²) in [5, 5.41) is 0.503. The van der Waals surface area contributed by atoms with Crippen LogP contribution in [0.25, 0.3) is 0 Å². The van der Waals surface area contributed by atoms with Gasteiger partial charge in [0.15, 0.2) is 5.69 Å². The van der Waals surface area contributed by atoms with Crippen LogP contribution in [0.2, 0.25) is 0 Å². The Morgan fingerprint density at radius 2 is 2.06 bits per heavy atom. The summed E-state index contributed by atoms with van der Waals surface area (Å²) in [5.41, 5.74) is 4.49. The number of hydrogen-bond acceptors (Lipinski definition) is 4. The third kappa shape index (κ3) is 4.48. The lowest BCUT2D eigenvalue weighted by atomic mass is 10.3. The van der Waals surface area contributed by atoms with E-state index in [0.29, 0.717) is 16.7 Å². The smallest absolute Gasteiger partial charge is 0.326 e. The van der Waals surface area contributed by atoms with Crippen molar-refractivity contribution < 1.29 is 13.2 Å². The van der Waals surface area contributed by atoms with Gasteiger partial charge in [-0.15, -0.1) is 11.3 Å². The molecule has 0 saturated carbocycles. The molecule has 1 aromatic rings. The van der Waals surface area contributed by atoms with Crippen LogP contribution in [0, 0.1) is 5.92 Å². The molecule has 0 aliphatic rings. The Balaban J connectivity index is 2.72. The number of rotatable bonds is 5. The molecule has 1 aromatic heterocycles.